The fraction of sp³-hybridized carbons (Fsp3) is 0.263. The Kier molecular flexibility index (Phi) is 6.02. The number of methoxy groups -OCH3 is 1. The largest absolute Gasteiger partial charge is 0.465 e. The number of carbonyl (C=O) groups is 2. The zero-order valence-corrected chi connectivity index (χ0v) is 16.4. The van der Waals surface area contributed by atoms with Crippen molar-refractivity contribution >= 4 is 27.6 Å². The van der Waals surface area contributed by atoms with Crippen LogP contribution in [-0.4, -0.2) is 32.9 Å². The smallest absolute Gasteiger partial charge is 0.339 e. The summed E-state index contributed by atoms with van der Waals surface area (Å²) in [5.41, 5.74) is -0.0373. The molecule has 0 aromatic heterocycles. The molecule has 2 aromatic rings. The van der Waals surface area contributed by atoms with Crippen molar-refractivity contribution in [3.8, 4) is 0 Å². The molecule has 0 bridgehead atoms. The Labute approximate surface area is 158 Å². The van der Waals surface area contributed by atoms with Crippen molar-refractivity contribution in [2.45, 2.75) is 31.2 Å². The van der Waals surface area contributed by atoms with Crippen molar-refractivity contribution in [1.82, 2.24) is 4.72 Å². The monoisotopic (exact) mass is 390 g/mol. The summed E-state index contributed by atoms with van der Waals surface area (Å²) in [5.74, 6) is -1.13. The van der Waals surface area contributed by atoms with E-state index < -0.39 is 27.4 Å². The third-order valence-electron chi connectivity index (χ3n) is 3.43. The topological polar surface area (TPSA) is 102 Å². The highest BCUT2D eigenvalue weighted by molar-refractivity contribution is 7.89. The van der Waals surface area contributed by atoms with Gasteiger partial charge in [-0.1, -0.05) is 18.2 Å². The molecule has 0 fully saturated rings. The van der Waals surface area contributed by atoms with Crippen molar-refractivity contribution in [1.29, 1.82) is 0 Å². The predicted molar refractivity (Wildman–Crippen MR) is 102 cm³/mol. The van der Waals surface area contributed by atoms with E-state index in [1.165, 1.54) is 37.4 Å². The highest BCUT2D eigenvalue weighted by Crippen LogP contribution is 2.19. The van der Waals surface area contributed by atoms with Crippen LogP contribution < -0.4 is 10.0 Å². The summed E-state index contributed by atoms with van der Waals surface area (Å²) in [6, 6.07) is 12.1. The molecule has 1 amide bonds. The Hall–Kier alpha value is -2.71. The zero-order chi connectivity index (χ0) is 20.2. The number of para-hydroxylation sites is 1. The lowest BCUT2D eigenvalue weighted by Gasteiger charge is -2.20. The Bertz CT molecular complexity index is 962. The molecule has 0 radical (unpaired) electrons. The number of carbonyl (C=O) groups excluding carboxylic acids is 2. The second kappa shape index (κ2) is 7.89. The first kappa shape index (κ1) is 20.6. The van der Waals surface area contributed by atoms with Gasteiger partial charge in [0.05, 0.1) is 23.3 Å². The van der Waals surface area contributed by atoms with Gasteiger partial charge in [-0.2, -0.15) is 0 Å². The van der Waals surface area contributed by atoms with E-state index in [2.05, 4.69) is 10.0 Å². The molecule has 0 saturated carbocycles. The molecule has 2 rings (SSSR count). The summed E-state index contributed by atoms with van der Waals surface area (Å²) in [5, 5.41) is 2.61. The number of ether oxygens (including phenoxy) is 1. The van der Waals surface area contributed by atoms with Crippen molar-refractivity contribution in [3.05, 3.63) is 59.7 Å². The molecule has 0 heterocycles. The molecule has 0 unspecified atom stereocenters. The minimum atomic E-state index is -3.78. The highest BCUT2D eigenvalue weighted by Gasteiger charge is 2.23. The van der Waals surface area contributed by atoms with Crippen LogP contribution in [0.5, 0.6) is 0 Å². The van der Waals surface area contributed by atoms with Crippen LogP contribution in [0.1, 0.15) is 41.5 Å². The molecule has 2 N–H and O–H groups in total. The molecule has 0 saturated heterocycles. The van der Waals surface area contributed by atoms with Crippen LogP contribution in [0, 0.1) is 0 Å². The van der Waals surface area contributed by atoms with Crippen LogP contribution in [0.2, 0.25) is 0 Å². The third kappa shape index (κ3) is 5.38. The number of nitrogens with one attached hydrogen (secondary N) is 2. The molecule has 0 spiro atoms. The molecule has 0 aliphatic heterocycles. The van der Waals surface area contributed by atoms with E-state index in [-0.39, 0.29) is 21.7 Å². The number of esters is 1. The molecule has 27 heavy (non-hydrogen) atoms. The van der Waals surface area contributed by atoms with Gasteiger partial charge in [0, 0.05) is 11.1 Å². The summed E-state index contributed by atoms with van der Waals surface area (Å²) in [6.45, 7) is 5.18. The van der Waals surface area contributed by atoms with E-state index in [4.69, 9.17) is 4.74 Å². The Balaban J connectivity index is 2.31. The first-order valence-electron chi connectivity index (χ1n) is 8.16. The average molecular weight is 390 g/mol. The summed E-state index contributed by atoms with van der Waals surface area (Å²) < 4.78 is 32.2. The van der Waals surface area contributed by atoms with Crippen LogP contribution in [0.15, 0.2) is 53.4 Å². The van der Waals surface area contributed by atoms with Gasteiger partial charge in [0.15, 0.2) is 0 Å². The normalized spacial score (nSPS) is 11.7. The second-order valence-electron chi connectivity index (χ2n) is 6.87. The standard InChI is InChI=1S/C19H22N2O5S/c1-19(2,3)21-27(24,25)14-9-7-8-13(12-14)17(22)20-16-11-6-5-10-15(16)18(23)26-4/h5-12,21H,1-4H3,(H,20,22). The zero-order valence-electron chi connectivity index (χ0n) is 15.6. The molecule has 0 atom stereocenters. The summed E-state index contributed by atoms with van der Waals surface area (Å²) >= 11 is 0. The average Bonchev–Trinajstić information content (AvgIpc) is 2.59. The van der Waals surface area contributed by atoms with Crippen molar-refractivity contribution in [2.24, 2.45) is 0 Å². The van der Waals surface area contributed by atoms with Crippen LogP contribution in [0.25, 0.3) is 0 Å². The molecular formula is C19H22N2O5S. The minimum absolute atomic E-state index is 0.0219. The summed E-state index contributed by atoms with van der Waals surface area (Å²) in [4.78, 5) is 24.4. The maximum absolute atomic E-state index is 12.6. The number of benzene rings is 2. The van der Waals surface area contributed by atoms with E-state index >= 15 is 0 Å². The molecule has 2 aromatic carbocycles. The number of rotatable bonds is 5. The van der Waals surface area contributed by atoms with E-state index in [1.54, 1.807) is 39.0 Å². The maximum Gasteiger partial charge on any atom is 0.339 e. The first-order valence-corrected chi connectivity index (χ1v) is 9.64. The summed E-state index contributed by atoms with van der Waals surface area (Å²) in [6.07, 6.45) is 0. The first-order chi connectivity index (χ1) is 12.5. The predicted octanol–water partition coefficient (Wildman–Crippen LogP) is 2.80. The Morgan fingerprint density at radius 2 is 1.67 bits per heavy atom. The van der Waals surface area contributed by atoms with Crippen molar-refractivity contribution < 1.29 is 22.7 Å². The van der Waals surface area contributed by atoms with E-state index in [9.17, 15) is 18.0 Å². The van der Waals surface area contributed by atoms with Crippen LogP contribution in [-0.2, 0) is 14.8 Å². The van der Waals surface area contributed by atoms with Gasteiger partial charge in [-0.25, -0.2) is 17.9 Å². The van der Waals surface area contributed by atoms with Gasteiger partial charge in [0.2, 0.25) is 10.0 Å². The lowest BCUT2D eigenvalue weighted by Crippen LogP contribution is -2.40. The fourth-order valence-electron chi connectivity index (χ4n) is 2.34. The molecule has 144 valence electrons. The van der Waals surface area contributed by atoms with Crippen LogP contribution in [0.3, 0.4) is 0 Å². The number of hydrogen-bond acceptors (Lipinski definition) is 5. The third-order valence-corrected chi connectivity index (χ3v) is 5.18. The van der Waals surface area contributed by atoms with Gasteiger partial charge >= 0.3 is 5.97 Å². The van der Waals surface area contributed by atoms with E-state index in [0.29, 0.717) is 0 Å². The lowest BCUT2D eigenvalue weighted by molar-refractivity contribution is 0.0602. The SMILES string of the molecule is COC(=O)c1ccccc1NC(=O)c1cccc(S(=O)(=O)NC(C)(C)C)c1. The van der Waals surface area contributed by atoms with Gasteiger partial charge in [-0.3, -0.25) is 4.79 Å². The van der Waals surface area contributed by atoms with Gasteiger partial charge in [0.1, 0.15) is 0 Å². The van der Waals surface area contributed by atoms with Gasteiger partial charge in [-0.15, -0.1) is 0 Å². The van der Waals surface area contributed by atoms with E-state index in [0.717, 1.165) is 0 Å². The maximum atomic E-state index is 12.6. The van der Waals surface area contributed by atoms with Crippen LogP contribution >= 0.6 is 0 Å². The van der Waals surface area contributed by atoms with E-state index in [1.807, 2.05) is 0 Å². The van der Waals surface area contributed by atoms with Crippen LogP contribution in [0.4, 0.5) is 5.69 Å². The molecule has 7 nitrogen and oxygen atoms in total. The lowest BCUT2D eigenvalue weighted by atomic mass is 10.1. The van der Waals surface area contributed by atoms with Gasteiger partial charge < -0.3 is 10.1 Å². The van der Waals surface area contributed by atoms with Crippen molar-refractivity contribution in [3.63, 3.8) is 0 Å². The van der Waals surface area contributed by atoms with Crippen molar-refractivity contribution in [2.75, 3.05) is 12.4 Å². The molecule has 0 aliphatic rings. The highest BCUT2D eigenvalue weighted by atomic mass is 32.2. The Morgan fingerprint density at radius 3 is 2.30 bits per heavy atom. The molecular weight excluding hydrogens is 368 g/mol. The van der Waals surface area contributed by atoms with Gasteiger partial charge in [0.25, 0.3) is 5.91 Å². The number of anilines is 1. The Morgan fingerprint density at radius 1 is 1.00 bits per heavy atom. The van der Waals surface area contributed by atoms with Gasteiger partial charge in [-0.05, 0) is 51.1 Å². The quantitative estimate of drug-likeness (QED) is 0.765. The minimum Gasteiger partial charge on any atom is -0.465 e. The number of hydrogen-bond donors (Lipinski definition) is 2. The summed E-state index contributed by atoms with van der Waals surface area (Å²) in [7, 11) is -2.53. The second-order valence-corrected chi connectivity index (χ2v) is 8.56. The molecule has 0 aliphatic carbocycles. The molecule has 8 heteroatoms. The number of sulfonamides is 1. The number of amides is 1. The fourth-order valence-corrected chi connectivity index (χ4v) is 3.80.